The van der Waals surface area contributed by atoms with Crippen LogP contribution in [0.4, 0.5) is 0 Å². The zero-order valence-electron chi connectivity index (χ0n) is 15.7. The number of ether oxygens (including phenoxy) is 1. The van der Waals surface area contributed by atoms with Gasteiger partial charge in [-0.1, -0.05) is 13.8 Å². The molecule has 1 fully saturated rings. The topological polar surface area (TPSA) is 68.5 Å². The summed E-state index contributed by atoms with van der Waals surface area (Å²) in [5.74, 6) is 0.811. The molecule has 5 heteroatoms. The van der Waals surface area contributed by atoms with E-state index in [1.165, 1.54) is 0 Å². The molecule has 2 atom stereocenters. The molecule has 2 aliphatic rings. The van der Waals surface area contributed by atoms with Crippen LogP contribution in [-0.4, -0.2) is 30.4 Å². The Labute approximate surface area is 149 Å². The highest BCUT2D eigenvalue weighted by molar-refractivity contribution is 6.03. The molecule has 25 heavy (non-hydrogen) atoms. The number of amides is 1. The van der Waals surface area contributed by atoms with Crippen molar-refractivity contribution < 1.29 is 18.7 Å². The lowest BCUT2D eigenvalue weighted by molar-refractivity contribution is 0.0865. The number of hydrogen-bond acceptors (Lipinski definition) is 4. The fourth-order valence-electron chi connectivity index (χ4n) is 3.97. The van der Waals surface area contributed by atoms with Crippen LogP contribution in [0.15, 0.2) is 4.42 Å². The second-order valence-electron chi connectivity index (χ2n) is 8.38. The van der Waals surface area contributed by atoms with Crippen molar-refractivity contribution in [2.45, 2.75) is 78.4 Å². The van der Waals surface area contributed by atoms with Crippen LogP contribution in [0.5, 0.6) is 0 Å². The molecule has 1 amide bonds. The van der Waals surface area contributed by atoms with E-state index in [0.717, 1.165) is 32.3 Å². The van der Waals surface area contributed by atoms with Crippen molar-refractivity contribution in [2.24, 2.45) is 5.41 Å². The first-order valence-corrected chi connectivity index (χ1v) is 9.35. The lowest BCUT2D eigenvalue weighted by atomic mass is 9.76. The van der Waals surface area contributed by atoms with Gasteiger partial charge in [0.15, 0.2) is 11.5 Å². The van der Waals surface area contributed by atoms with E-state index in [0.29, 0.717) is 41.6 Å². The van der Waals surface area contributed by atoms with Gasteiger partial charge in [-0.05, 0) is 44.9 Å². The van der Waals surface area contributed by atoms with E-state index in [1.807, 2.05) is 13.8 Å². The molecule has 2 heterocycles. The minimum atomic E-state index is -0.225. The zero-order chi connectivity index (χ0) is 18.2. The van der Waals surface area contributed by atoms with Crippen LogP contribution < -0.4 is 5.32 Å². The van der Waals surface area contributed by atoms with Crippen LogP contribution in [0.1, 0.15) is 85.1 Å². The minimum absolute atomic E-state index is 0.0466. The van der Waals surface area contributed by atoms with Crippen LogP contribution in [0, 0.1) is 12.3 Å². The minimum Gasteiger partial charge on any atom is -0.455 e. The maximum Gasteiger partial charge on any atom is 0.287 e. The number of carbonyl (C=O) groups is 2. The average molecular weight is 347 g/mol. The van der Waals surface area contributed by atoms with Crippen LogP contribution >= 0.6 is 0 Å². The SMILES string of the molecule is Cc1c(C(=O)N[C@@H](C)CC[C@@H]2CCCO2)oc2c1C(=O)CC(C)(C)C2. The van der Waals surface area contributed by atoms with Crippen molar-refractivity contribution in [2.75, 3.05) is 6.61 Å². The van der Waals surface area contributed by atoms with Gasteiger partial charge in [-0.3, -0.25) is 9.59 Å². The summed E-state index contributed by atoms with van der Waals surface area (Å²) in [6.07, 6.45) is 5.60. The molecule has 138 valence electrons. The molecule has 1 aliphatic heterocycles. The fourth-order valence-corrected chi connectivity index (χ4v) is 3.97. The quantitative estimate of drug-likeness (QED) is 0.879. The molecule has 0 unspecified atom stereocenters. The molecule has 1 N–H and O–H groups in total. The third-order valence-electron chi connectivity index (χ3n) is 5.31. The van der Waals surface area contributed by atoms with Gasteiger partial charge >= 0.3 is 0 Å². The standard InChI is InChI=1S/C20H29NO4/c1-12(7-8-14-6-5-9-24-14)21-19(23)18-13(2)17-15(22)10-20(3,4)11-16(17)25-18/h12,14H,5-11H2,1-4H3,(H,21,23)/t12-,14-/m0/s1. The molecule has 1 saturated heterocycles. The monoisotopic (exact) mass is 347 g/mol. The van der Waals surface area contributed by atoms with Crippen LogP contribution in [-0.2, 0) is 11.2 Å². The van der Waals surface area contributed by atoms with Gasteiger partial charge in [-0.2, -0.15) is 0 Å². The normalized spacial score (nSPS) is 23.4. The molecular formula is C20H29NO4. The van der Waals surface area contributed by atoms with Gasteiger partial charge in [0.2, 0.25) is 0 Å². The maximum absolute atomic E-state index is 12.6. The Hall–Kier alpha value is -1.62. The Balaban J connectivity index is 1.65. The molecule has 5 nitrogen and oxygen atoms in total. The highest BCUT2D eigenvalue weighted by atomic mass is 16.5. The maximum atomic E-state index is 12.6. The molecule has 1 aromatic heterocycles. The van der Waals surface area contributed by atoms with E-state index >= 15 is 0 Å². The van der Waals surface area contributed by atoms with Gasteiger partial charge in [0.05, 0.1) is 11.7 Å². The van der Waals surface area contributed by atoms with E-state index < -0.39 is 0 Å². The largest absolute Gasteiger partial charge is 0.455 e. The number of carbonyl (C=O) groups excluding carboxylic acids is 2. The molecule has 0 spiro atoms. The summed E-state index contributed by atoms with van der Waals surface area (Å²) in [6, 6.07) is 0.0466. The highest BCUT2D eigenvalue weighted by Gasteiger charge is 2.37. The Kier molecular flexibility index (Phi) is 5.05. The highest BCUT2D eigenvalue weighted by Crippen LogP contribution is 2.38. The smallest absolute Gasteiger partial charge is 0.287 e. The average Bonchev–Trinajstić information content (AvgIpc) is 3.11. The van der Waals surface area contributed by atoms with Crippen molar-refractivity contribution in [1.82, 2.24) is 5.32 Å². The van der Waals surface area contributed by atoms with Gasteiger partial charge in [0.25, 0.3) is 5.91 Å². The third kappa shape index (κ3) is 3.97. The molecule has 0 saturated carbocycles. The molecule has 0 radical (unpaired) electrons. The van der Waals surface area contributed by atoms with E-state index in [9.17, 15) is 9.59 Å². The molecular weight excluding hydrogens is 318 g/mol. The Bertz CT molecular complexity index is 667. The van der Waals surface area contributed by atoms with Crippen molar-refractivity contribution in [3.05, 3.63) is 22.6 Å². The van der Waals surface area contributed by atoms with Crippen molar-refractivity contribution in [3.8, 4) is 0 Å². The number of rotatable bonds is 5. The second kappa shape index (κ2) is 6.94. The predicted octanol–water partition coefficient (Wildman–Crippen LogP) is 3.82. The van der Waals surface area contributed by atoms with Gasteiger partial charge < -0.3 is 14.5 Å². The number of Topliss-reactive ketones (excluding diaryl/α,β-unsaturated/α-hetero) is 1. The third-order valence-corrected chi connectivity index (χ3v) is 5.31. The van der Waals surface area contributed by atoms with Crippen molar-refractivity contribution >= 4 is 11.7 Å². The van der Waals surface area contributed by atoms with Gasteiger partial charge in [0.1, 0.15) is 5.76 Å². The van der Waals surface area contributed by atoms with E-state index in [1.54, 1.807) is 0 Å². The Morgan fingerprint density at radius 3 is 2.80 bits per heavy atom. The van der Waals surface area contributed by atoms with E-state index in [-0.39, 0.29) is 23.1 Å². The first kappa shape index (κ1) is 18.2. The van der Waals surface area contributed by atoms with Crippen LogP contribution in [0.3, 0.4) is 0 Å². The van der Waals surface area contributed by atoms with E-state index in [2.05, 4.69) is 19.2 Å². The van der Waals surface area contributed by atoms with Crippen LogP contribution in [0.25, 0.3) is 0 Å². The van der Waals surface area contributed by atoms with Crippen LogP contribution in [0.2, 0.25) is 0 Å². The lowest BCUT2D eigenvalue weighted by Gasteiger charge is -2.27. The Morgan fingerprint density at radius 2 is 2.12 bits per heavy atom. The summed E-state index contributed by atoms with van der Waals surface area (Å²) in [5, 5.41) is 3.01. The Morgan fingerprint density at radius 1 is 1.36 bits per heavy atom. The van der Waals surface area contributed by atoms with Gasteiger partial charge in [0, 0.05) is 31.1 Å². The first-order chi connectivity index (χ1) is 11.8. The number of hydrogen-bond donors (Lipinski definition) is 1. The summed E-state index contributed by atoms with van der Waals surface area (Å²) in [5.41, 5.74) is 1.19. The number of furan rings is 1. The summed E-state index contributed by atoms with van der Waals surface area (Å²) in [4.78, 5) is 25.0. The molecule has 1 aromatic rings. The molecule has 1 aliphatic carbocycles. The predicted molar refractivity (Wildman–Crippen MR) is 95.0 cm³/mol. The van der Waals surface area contributed by atoms with Gasteiger partial charge in [-0.25, -0.2) is 0 Å². The fraction of sp³-hybridized carbons (Fsp3) is 0.700. The van der Waals surface area contributed by atoms with Crippen molar-refractivity contribution in [3.63, 3.8) is 0 Å². The van der Waals surface area contributed by atoms with E-state index in [4.69, 9.17) is 9.15 Å². The number of nitrogens with one attached hydrogen (secondary N) is 1. The first-order valence-electron chi connectivity index (χ1n) is 9.35. The molecule has 0 bridgehead atoms. The summed E-state index contributed by atoms with van der Waals surface area (Å²) >= 11 is 0. The molecule has 3 rings (SSSR count). The molecule has 0 aromatic carbocycles. The lowest BCUT2D eigenvalue weighted by Crippen LogP contribution is -2.33. The van der Waals surface area contributed by atoms with Crippen molar-refractivity contribution in [1.29, 1.82) is 0 Å². The van der Waals surface area contributed by atoms with Gasteiger partial charge in [-0.15, -0.1) is 0 Å². The zero-order valence-corrected chi connectivity index (χ0v) is 15.7. The second-order valence-corrected chi connectivity index (χ2v) is 8.38. The summed E-state index contributed by atoms with van der Waals surface area (Å²) in [7, 11) is 0. The summed E-state index contributed by atoms with van der Waals surface area (Å²) < 4.78 is 11.5. The number of ketones is 1. The summed E-state index contributed by atoms with van der Waals surface area (Å²) in [6.45, 7) is 8.77. The number of fused-ring (bicyclic) bond motifs is 1.